The quantitative estimate of drug-likeness (QED) is 0.686. The van der Waals surface area contributed by atoms with Crippen molar-refractivity contribution in [3.63, 3.8) is 0 Å². The Balaban J connectivity index is 1.51. The van der Waals surface area contributed by atoms with Crippen LogP contribution in [0.25, 0.3) is 10.9 Å². The molecule has 28 heavy (non-hydrogen) atoms. The van der Waals surface area contributed by atoms with Crippen molar-refractivity contribution in [2.24, 2.45) is 0 Å². The van der Waals surface area contributed by atoms with Crippen molar-refractivity contribution < 1.29 is 4.79 Å². The Hall–Kier alpha value is -2.66. The van der Waals surface area contributed by atoms with Crippen LogP contribution in [0, 0.1) is 6.92 Å². The van der Waals surface area contributed by atoms with E-state index in [9.17, 15) is 4.79 Å². The number of aromatic amines is 1. The summed E-state index contributed by atoms with van der Waals surface area (Å²) in [4.78, 5) is 23.1. The van der Waals surface area contributed by atoms with Gasteiger partial charge in [-0.2, -0.15) is 0 Å². The first kappa shape index (κ1) is 18.7. The fourth-order valence-electron chi connectivity index (χ4n) is 4.24. The number of aryl methyl sites for hydroxylation is 2. The van der Waals surface area contributed by atoms with Crippen LogP contribution in [0.3, 0.4) is 0 Å². The van der Waals surface area contributed by atoms with Crippen LogP contribution in [0.4, 0.5) is 0 Å². The normalized spacial score (nSPS) is 15.8. The summed E-state index contributed by atoms with van der Waals surface area (Å²) in [6.07, 6.45) is 6.85. The second-order valence-corrected chi connectivity index (χ2v) is 7.61. The van der Waals surface area contributed by atoms with E-state index in [1.54, 1.807) is 6.20 Å². The second-order valence-electron chi connectivity index (χ2n) is 7.61. The minimum atomic E-state index is -0.263. The summed E-state index contributed by atoms with van der Waals surface area (Å²) in [5.41, 5.74) is 5.83. The van der Waals surface area contributed by atoms with Crippen LogP contribution in [-0.4, -0.2) is 33.9 Å². The van der Waals surface area contributed by atoms with E-state index >= 15 is 0 Å². The maximum Gasteiger partial charge on any atom is 0.242 e. The molecule has 146 valence electrons. The summed E-state index contributed by atoms with van der Waals surface area (Å²) < 4.78 is 0. The molecule has 1 atom stereocenters. The van der Waals surface area contributed by atoms with Gasteiger partial charge in [0.25, 0.3) is 0 Å². The Morgan fingerprint density at radius 1 is 1.29 bits per heavy atom. The number of nitrogens with zero attached hydrogens (tertiary/aromatic N) is 2. The van der Waals surface area contributed by atoms with E-state index < -0.39 is 0 Å². The molecule has 1 amide bonds. The van der Waals surface area contributed by atoms with Crippen molar-refractivity contribution in [3.8, 4) is 0 Å². The number of carbonyl (C=O) groups is 1. The summed E-state index contributed by atoms with van der Waals surface area (Å²) in [7, 11) is 0. The standard InChI is InChI=1S/C23H28N4O/c1-3-20-16(2)19-13-17(8-9-21(19)26-20)14-25-23(28)22(27-11-4-5-12-27)18-7-6-10-24-15-18/h6-10,13,15,22,26H,3-5,11-12,14H2,1-2H3,(H,25,28)/t22-/m1/s1. The summed E-state index contributed by atoms with van der Waals surface area (Å²) in [5, 5.41) is 4.40. The third-order valence-electron chi connectivity index (χ3n) is 5.80. The fourth-order valence-corrected chi connectivity index (χ4v) is 4.24. The molecule has 2 aromatic heterocycles. The van der Waals surface area contributed by atoms with Crippen molar-refractivity contribution in [2.75, 3.05) is 13.1 Å². The molecule has 2 N–H and O–H groups in total. The molecule has 1 aromatic carbocycles. The number of benzene rings is 1. The largest absolute Gasteiger partial charge is 0.358 e. The molecule has 0 spiro atoms. The Bertz CT molecular complexity index is 957. The van der Waals surface area contributed by atoms with Crippen LogP contribution >= 0.6 is 0 Å². The van der Waals surface area contributed by atoms with Gasteiger partial charge in [-0.15, -0.1) is 0 Å². The highest BCUT2D eigenvalue weighted by atomic mass is 16.2. The third kappa shape index (κ3) is 3.67. The van der Waals surface area contributed by atoms with Gasteiger partial charge in [-0.3, -0.25) is 14.7 Å². The smallest absolute Gasteiger partial charge is 0.242 e. The number of hydrogen-bond acceptors (Lipinski definition) is 3. The molecule has 1 saturated heterocycles. The maximum atomic E-state index is 13.1. The van der Waals surface area contributed by atoms with Crippen molar-refractivity contribution in [2.45, 2.75) is 45.7 Å². The van der Waals surface area contributed by atoms with Gasteiger partial charge in [0.15, 0.2) is 0 Å². The summed E-state index contributed by atoms with van der Waals surface area (Å²) in [6.45, 7) is 6.77. The second kappa shape index (κ2) is 8.15. The maximum absolute atomic E-state index is 13.1. The zero-order valence-corrected chi connectivity index (χ0v) is 16.7. The van der Waals surface area contributed by atoms with Crippen molar-refractivity contribution in [3.05, 3.63) is 65.1 Å². The average molecular weight is 377 g/mol. The number of hydrogen-bond donors (Lipinski definition) is 2. The topological polar surface area (TPSA) is 61.0 Å². The number of aromatic nitrogens is 2. The average Bonchev–Trinajstić information content (AvgIpc) is 3.36. The highest BCUT2D eigenvalue weighted by Crippen LogP contribution is 2.26. The van der Waals surface area contributed by atoms with Crippen molar-refractivity contribution in [1.82, 2.24) is 20.2 Å². The van der Waals surface area contributed by atoms with E-state index in [1.807, 2.05) is 18.3 Å². The molecule has 3 aromatic rings. The molecular formula is C23H28N4O. The lowest BCUT2D eigenvalue weighted by Gasteiger charge is -2.26. The first-order valence-electron chi connectivity index (χ1n) is 10.2. The van der Waals surface area contributed by atoms with Gasteiger partial charge in [0.2, 0.25) is 5.91 Å². The van der Waals surface area contributed by atoms with Crippen molar-refractivity contribution in [1.29, 1.82) is 0 Å². The number of rotatable bonds is 6. The molecule has 3 heterocycles. The molecule has 1 aliphatic rings. The van der Waals surface area contributed by atoms with Gasteiger partial charge in [0, 0.05) is 35.5 Å². The van der Waals surface area contributed by atoms with Gasteiger partial charge >= 0.3 is 0 Å². The predicted octanol–water partition coefficient (Wildman–Crippen LogP) is 3.89. The van der Waals surface area contributed by atoms with E-state index in [0.29, 0.717) is 6.54 Å². The predicted molar refractivity (Wildman–Crippen MR) is 112 cm³/mol. The van der Waals surface area contributed by atoms with Crippen LogP contribution in [0.2, 0.25) is 0 Å². The van der Waals surface area contributed by atoms with Gasteiger partial charge in [0.05, 0.1) is 0 Å². The number of carbonyl (C=O) groups excluding carboxylic acids is 1. The fraction of sp³-hybridized carbons (Fsp3) is 0.391. The van der Waals surface area contributed by atoms with E-state index in [2.05, 4.69) is 52.2 Å². The zero-order chi connectivity index (χ0) is 19.5. The first-order chi connectivity index (χ1) is 13.7. The van der Waals surface area contributed by atoms with Crippen LogP contribution < -0.4 is 5.32 Å². The highest BCUT2D eigenvalue weighted by molar-refractivity contribution is 5.86. The molecule has 0 aliphatic carbocycles. The number of fused-ring (bicyclic) bond motifs is 1. The van der Waals surface area contributed by atoms with Crippen LogP contribution in [0.1, 0.15) is 48.2 Å². The molecular weight excluding hydrogens is 348 g/mol. The number of nitrogens with one attached hydrogen (secondary N) is 2. The minimum absolute atomic E-state index is 0.0510. The van der Waals surface area contributed by atoms with Crippen LogP contribution in [0.5, 0.6) is 0 Å². The molecule has 1 aliphatic heterocycles. The Kier molecular flexibility index (Phi) is 5.44. The molecule has 0 radical (unpaired) electrons. The Labute approximate surface area is 166 Å². The van der Waals surface area contributed by atoms with Crippen molar-refractivity contribution >= 4 is 16.8 Å². The number of H-pyrrole nitrogens is 1. The van der Waals surface area contributed by atoms with Gasteiger partial charge in [-0.05, 0) is 74.2 Å². The lowest BCUT2D eigenvalue weighted by molar-refractivity contribution is -0.126. The summed E-state index contributed by atoms with van der Waals surface area (Å²) in [6, 6.07) is 10.0. The summed E-state index contributed by atoms with van der Waals surface area (Å²) >= 11 is 0. The molecule has 0 saturated carbocycles. The minimum Gasteiger partial charge on any atom is -0.358 e. The van der Waals surface area contributed by atoms with Gasteiger partial charge in [0.1, 0.15) is 6.04 Å². The number of pyridine rings is 1. The van der Waals surface area contributed by atoms with Gasteiger partial charge < -0.3 is 10.3 Å². The summed E-state index contributed by atoms with van der Waals surface area (Å²) in [5.74, 6) is 0.0510. The Morgan fingerprint density at radius 3 is 2.82 bits per heavy atom. The first-order valence-corrected chi connectivity index (χ1v) is 10.2. The molecule has 0 unspecified atom stereocenters. The van der Waals surface area contributed by atoms with Gasteiger partial charge in [-0.1, -0.05) is 19.1 Å². The van der Waals surface area contributed by atoms with E-state index in [0.717, 1.165) is 49.0 Å². The highest BCUT2D eigenvalue weighted by Gasteiger charge is 2.29. The van der Waals surface area contributed by atoms with E-state index in [4.69, 9.17) is 0 Å². The van der Waals surface area contributed by atoms with E-state index in [1.165, 1.54) is 16.6 Å². The molecule has 4 rings (SSSR count). The zero-order valence-electron chi connectivity index (χ0n) is 16.7. The lowest BCUT2D eigenvalue weighted by atomic mass is 10.1. The Morgan fingerprint density at radius 2 is 2.11 bits per heavy atom. The van der Waals surface area contributed by atoms with Crippen LogP contribution in [-0.2, 0) is 17.8 Å². The molecule has 5 nitrogen and oxygen atoms in total. The molecule has 0 bridgehead atoms. The molecule has 5 heteroatoms. The number of likely N-dealkylation sites (tertiary alicyclic amines) is 1. The monoisotopic (exact) mass is 376 g/mol. The molecule has 1 fully saturated rings. The van der Waals surface area contributed by atoms with Crippen LogP contribution in [0.15, 0.2) is 42.7 Å². The SMILES string of the molecule is CCc1[nH]c2ccc(CNC(=O)[C@@H](c3cccnc3)N3CCCC3)cc2c1C. The number of amides is 1. The van der Waals surface area contributed by atoms with Gasteiger partial charge in [-0.25, -0.2) is 0 Å². The third-order valence-corrected chi connectivity index (χ3v) is 5.80. The lowest BCUT2D eigenvalue weighted by Crippen LogP contribution is -2.39. The van der Waals surface area contributed by atoms with E-state index in [-0.39, 0.29) is 11.9 Å².